The van der Waals surface area contributed by atoms with Gasteiger partial charge in [-0.2, -0.15) is 0 Å². The number of ether oxygens (including phenoxy) is 1. The van der Waals surface area contributed by atoms with Gasteiger partial charge in [-0.15, -0.1) is 0 Å². The molecule has 21 heavy (non-hydrogen) atoms. The Kier molecular flexibility index (Phi) is 5.26. The molecule has 0 bridgehead atoms. The number of hydrogen-bond acceptors (Lipinski definition) is 3. The predicted molar refractivity (Wildman–Crippen MR) is 85.7 cm³/mol. The van der Waals surface area contributed by atoms with E-state index in [0.717, 1.165) is 17.9 Å². The number of fused-ring (bicyclic) bond motifs is 1. The topological polar surface area (TPSA) is 41.6 Å². The molecule has 1 aliphatic heterocycles. The Balaban J connectivity index is 2.01. The van der Waals surface area contributed by atoms with Crippen LogP contribution in [-0.4, -0.2) is 44.1 Å². The van der Waals surface area contributed by atoms with E-state index in [2.05, 4.69) is 16.3 Å². The molecule has 0 unspecified atom stereocenters. The fourth-order valence-corrected chi connectivity index (χ4v) is 2.47. The summed E-state index contributed by atoms with van der Waals surface area (Å²) < 4.78 is 5.74. The Hall–Kier alpha value is -1.52. The molecule has 1 N–H and O–H groups in total. The molecule has 114 valence electrons. The first-order chi connectivity index (χ1) is 9.99. The van der Waals surface area contributed by atoms with E-state index in [0.29, 0.717) is 18.1 Å². The Bertz CT molecular complexity index is 557. The zero-order valence-electron chi connectivity index (χ0n) is 12.6. The Labute approximate surface area is 130 Å². The average Bonchev–Trinajstić information content (AvgIpc) is 2.46. The van der Waals surface area contributed by atoms with E-state index in [9.17, 15) is 4.79 Å². The Morgan fingerprint density at radius 1 is 1.52 bits per heavy atom. The monoisotopic (exact) mass is 308 g/mol. The number of amides is 1. The van der Waals surface area contributed by atoms with Gasteiger partial charge in [0.25, 0.3) is 0 Å². The van der Waals surface area contributed by atoms with Crippen LogP contribution in [0.4, 0.5) is 0 Å². The molecule has 1 heterocycles. The molecule has 0 aliphatic carbocycles. The van der Waals surface area contributed by atoms with E-state index in [1.807, 2.05) is 32.2 Å². The van der Waals surface area contributed by atoms with Gasteiger partial charge in [0.2, 0.25) is 5.91 Å². The van der Waals surface area contributed by atoms with Crippen molar-refractivity contribution in [3.8, 4) is 5.75 Å². The summed E-state index contributed by atoms with van der Waals surface area (Å²) in [6.07, 6.45) is 2.61. The fraction of sp³-hybridized carbons (Fsp3) is 0.438. The molecular weight excluding hydrogens is 288 g/mol. The molecule has 0 saturated carbocycles. The summed E-state index contributed by atoms with van der Waals surface area (Å²) in [5.41, 5.74) is 2.19. The van der Waals surface area contributed by atoms with Crippen LogP contribution in [0.3, 0.4) is 0 Å². The van der Waals surface area contributed by atoms with Gasteiger partial charge in [0, 0.05) is 36.6 Å². The molecule has 0 fully saturated rings. The highest BCUT2D eigenvalue weighted by molar-refractivity contribution is 6.30. The maximum Gasteiger partial charge on any atom is 0.221 e. The predicted octanol–water partition coefficient (Wildman–Crippen LogP) is 2.57. The summed E-state index contributed by atoms with van der Waals surface area (Å²) in [6.45, 7) is 3.39. The lowest BCUT2D eigenvalue weighted by molar-refractivity contribution is -0.121. The van der Waals surface area contributed by atoms with Crippen LogP contribution in [0, 0.1) is 0 Å². The largest absolute Gasteiger partial charge is 0.489 e. The van der Waals surface area contributed by atoms with Gasteiger partial charge in [-0.1, -0.05) is 11.6 Å². The normalized spacial score (nSPS) is 15.0. The first-order valence-electron chi connectivity index (χ1n) is 7.02. The molecule has 1 aromatic carbocycles. The Morgan fingerprint density at radius 3 is 3.00 bits per heavy atom. The Morgan fingerprint density at radius 2 is 2.29 bits per heavy atom. The SMILES string of the molecule is CNC(=O)C[C@@H](C)N(C)CC1=Cc2cc(Cl)ccc2OC1. The van der Waals surface area contributed by atoms with Gasteiger partial charge in [-0.3, -0.25) is 9.69 Å². The smallest absolute Gasteiger partial charge is 0.221 e. The summed E-state index contributed by atoms with van der Waals surface area (Å²) in [7, 11) is 3.68. The van der Waals surface area contributed by atoms with Crippen LogP contribution >= 0.6 is 11.6 Å². The van der Waals surface area contributed by atoms with Crippen LogP contribution in [0.1, 0.15) is 18.9 Å². The van der Waals surface area contributed by atoms with Crippen LogP contribution < -0.4 is 10.1 Å². The summed E-state index contributed by atoms with van der Waals surface area (Å²) >= 11 is 6.01. The third-order valence-electron chi connectivity index (χ3n) is 3.71. The molecular formula is C16H21ClN2O2. The van der Waals surface area contributed by atoms with Gasteiger partial charge in [0.05, 0.1) is 0 Å². The number of benzene rings is 1. The second kappa shape index (κ2) is 6.96. The van der Waals surface area contributed by atoms with Crippen LogP contribution in [0.5, 0.6) is 5.75 Å². The molecule has 0 radical (unpaired) electrons. The fourth-order valence-electron chi connectivity index (χ4n) is 2.29. The lowest BCUT2D eigenvalue weighted by Crippen LogP contribution is -2.36. The van der Waals surface area contributed by atoms with E-state index in [1.165, 1.54) is 5.57 Å². The number of hydrogen-bond donors (Lipinski definition) is 1. The lowest BCUT2D eigenvalue weighted by atomic mass is 10.1. The zero-order chi connectivity index (χ0) is 15.4. The second-order valence-electron chi connectivity index (χ2n) is 5.41. The van der Waals surface area contributed by atoms with Crippen LogP contribution in [-0.2, 0) is 4.79 Å². The van der Waals surface area contributed by atoms with Gasteiger partial charge < -0.3 is 10.1 Å². The van der Waals surface area contributed by atoms with Crippen LogP contribution in [0.2, 0.25) is 5.02 Å². The van der Waals surface area contributed by atoms with Crippen molar-refractivity contribution in [2.75, 3.05) is 27.2 Å². The molecule has 2 rings (SSSR count). The van der Waals surface area contributed by atoms with Crippen molar-refractivity contribution in [1.82, 2.24) is 10.2 Å². The third-order valence-corrected chi connectivity index (χ3v) is 3.94. The van der Waals surface area contributed by atoms with Crippen molar-refractivity contribution in [2.45, 2.75) is 19.4 Å². The van der Waals surface area contributed by atoms with E-state index in [-0.39, 0.29) is 11.9 Å². The highest BCUT2D eigenvalue weighted by atomic mass is 35.5. The van der Waals surface area contributed by atoms with Crippen molar-refractivity contribution in [2.24, 2.45) is 0 Å². The lowest BCUT2D eigenvalue weighted by Gasteiger charge is -2.27. The van der Waals surface area contributed by atoms with Gasteiger partial charge in [-0.25, -0.2) is 0 Å². The number of carbonyl (C=O) groups excluding carboxylic acids is 1. The molecule has 4 nitrogen and oxygen atoms in total. The van der Waals surface area contributed by atoms with Crippen LogP contribution in [0.15, 0.2) is 23.8 Å². The summed E-state index contributed by atoms with van der Waals surface area (Å²) in [5.74, 6) is 0.921. The van der Waals surface area contributed by atoms with Crippen molar-refractivity contribution in [3.63, 3.8) is 0 Å². The van der Waals surface area contributed by atoms with E-state index >= 15 is 0 Å². The van der Waals surface area contributed by atoms with Gasteiger partial charge in [-0.05, 0) is 43.8 Å². The number of halogens is 1. The van der Waals surface area contributed by atoms with Crippen molar-refractivity contribution < 1.29 is 9.53 Å². The molecule has 1 aliphatic rings. The quantitative estimate of drug-likeness (QED) is 0.909. The first-order valence-corrected chi connectivity index (χ1v) is 7.40. The number of likely N-dealkylation sites (N-methyl/N-ethyl adjacent to an activating group) is 1. The van der Waals surface area contributed by atoms with Gasteiger partial charge >= 0.3 is 0 Å². The molecule has 1 amide bonds. The number of nitrogens with one attached hydrogen (secondary N) is 1. The average molecular weight is 309 g/mol. The standard InChI is InChI=1S/C16H21ClN2O2/c1-11(6-16(20)18-2)19(3)9-12-7-13-8-14(17)4-5-15(13)21-10-12/h4-5,7-8,11H,6,9-10H2,1-3H3,(H,18,20)/t11-/m1/s1. The van der Waals surface area contributed by atoms with Crippen molar-refractivity contribution >= 4 is 23.6 Å². The minimum absolute atomic E-state index is 0.0559. The zero-order valence-corrected chi connectivity index (χ0v) is 13.4. The van der Waals surface area contributed by atoms with E-state index in [4.69, 9.17) is 16.3 Å². The van der Waals surface area contributed by atoms with E-state index in [1.54, 1.807) is 7.05 Å². The highest BCUT2D eigenvalue weighted by Crippen LogP contribution is 2.29. The van der Waals surface area contributed by atoms with Gasteiger partial charge in [0.1, 0.15) is 12.4 Å². The first kappa shape index (κ1) is 15.9. The summed E-state index contributed by atoms with van der Waals surface area (Å²) in [6, 6.07) is 5.80. The maximum absolute atomic E-state index is 11.4. The van der Waals surface area contributed by atoms with Gasteiger partial charge in [0.15, 0.2) is 0 Å². The number of rotatable bonds is 5. The highest BCUT2D eigenvalue weighted by Gasteiger charge is 2.17. The maximum atomic E-state index is 11.4. The van der Waals surface area contributed by atoms with E-state index < -0.39 is 0 Å². The number of nitrogens with zero attached hydrogens (tertiary/aromatic N) is 1. The minimum Gasteiger partial charge on any atom is -0.489 e. The second-order valence-corrected chi connectivity index (χ2v) is 5.85. The molecule has 1 aromatic rings. The van der Waals surface area contributed by atoms with Crippen molar-refractivity contribution in [3.05, 3.63) is 34.4 Å². The summed E-state index contributed by atoms with van der Waals surface area (Å²) in [5, 5.41) is 3.36. The molecule has 0 aromatic heterocycles. The number of carbonyl (C=O) groups is 1. The minimum atomic E-state index is 0.0559. The third kappa shape index (κ3) is 4.22. The molecule has 5 heteroatoms. The summed E-state index contributed by atoms with van der Waals surface area (Å²) in [4.78, 5) is 13.6. The van der Waals surface area contributed by atoms with Crippen LogP contribution in [0.25, 0.3) is 6.08 Å². The van der Waals surface area contributed by atoms with Crippen molar-refractivity contribution in [1.29, 1.82) is 0 Å². The molecule has 0 saturated heterocycles. The molecule has 1 atom stereocenters. The molecule has 0 spiro atoms.